The van der Waals surface area contributed by atoms with E-state index in [-0.39, 0.29) is 11.9 Å². The largest absolute Gasteiger partial charge is 0.393 e. The van der Waals surface area contributed by atoms with Gasteiger partial charge in [0.05, 0.1) is 12.6 Å². The van der Waals surface area contributed by atoms with Crippen molar-refractivity contribution in [2.75, 3.05) is 25.9 Å². The third-order valence-corrected chi connectivity index (χ3v) is 5.73. The normalized spacial score (nSPS) is 16.3. The summed E-state index contributed by atoms with van der Waals surface area (Å²) < 4.78 is 2.15. The zero-order chi connectivity index (χ0) is 18.0. The van der Waals surface area contributed by atoms with Crippen LogP contribution in [0.3, 0.4) is 0 Å². The van der Waals surface area contributed by atoms with Gasteiger partial charge in [0.2, 0.25) is 0 Å². The number of rotatable bonds is 5. The van der Waals surface area contributed by atoms with Gasteiger partial charge in [-0.2, -0.15) is 0 Å². The fraction of sp³-hybridized carbons (Fsp3) is 0.450. The van der Waals surface area contributed by atoms with Crippen molar-refractivity contribution in [3.8, 4) is 5.69 Å². The summed E-state index contributed by atoms with van der Waals surface area (Å²) in [7, 11) is 0. The Balaban J connectivity index is 1.79. The highest BCUT2D eigenvalue weighted by Gasteiger charge is 2.22. The molecule has 0 radical (unpaired) electrons. The van der Waals surface area contributed by atoms with Crippen LogP contribution in [0.2, 0.25) is 0 Å². The van der Waals surface area contributed by atoms with E-state index >= 15 is 0 Å². The van der Waals surface area contributed by atoms with Crippen molar-refractivity contribution in [2.45, 2.75) is 37.7 Å². The van der Waals surface area contributed by atoms with Gasteiger partial charge >= 0.3 is 0 Å². The van der Waals surface area contributed by atoms with Crippen LogP contribution in [0, 0.1) is 13.8 Å². The number of carbonyl (C=O) groups excluding carboxylic acids is 1. The standard InChI is InChI=1S/C20H26N2O2S/c1-14-12-19(20(24)13-21-10-8-17(23)9-11-21)15(2)22(14)16-4-6-18(25-3)7-5-16/h4-7,12,17,23H,8-11,13H2,1-3H3. The molecule has 4 nitrogen and oxygen atoms in total. The molecule has 0 unspecified atom stereocenters. The van der Waals surface area contributed by atoms with Crippen LogP contribution in [0.4, 0.5) is 0 Å². The number of carbonyl (C=O) groups is 1. The number of hydrogen-bond acceptors (Lipinski definition) is 4. The molecule has 1 aliphatic heterocycles. The zero-order valence-corrected chi connectivity index (χ0v) is 16.0. The van der Waals surface area contributed by atoms with E-state index in [2.05, 4.69) is 40.0 Å². The van der Waals surface area contributed by atoms with Crippen molar-refractivity contribution in [3.05, 3.63) is 47.3 Å². The van der Waals surface area contributed by atoms with E-state index < -0.39 is 0 Å². The number of likely N-dealkylation sites (tertiary alicyclic amines) is 1. The average Bonchev–Trinajstić information content (AvgIpc) is 2.91. The molecule has 1 saturated heterocycles. The minimum atomic E-state index is -0.208. The summed E-state index contributed by atoms with van der Waals surface area (Å²) >= 11 is 1.72. The third-order valence-electron chi connectivity index (χ3n) is 4.99. The van der Waals surface area contributed by atoms with Crippen LogP contribution in [-0.2, 0) is 0 Å². The van der Waals surface area contributed by atoms with Gasteiger partial charge in [-0.05, 0) is 63.3 Å². The molecule has 0 spiro atoms. The monoisotopic (exact) mass is 358 g/mol. The first-order chi connectivity index (χ1) is 12.0. The number of thioether (sulfide) groups is 1. The minimum Gasteiger partial charge on any atom is -0.393 e. The number of hydrogen-bond donors (Lipinski definition) is 1. The van der Waals surface area contributed by atoms with Gasteiger partial charge in [-0.3, -0.25) is 9.69 Å². The summed E-state index contributed by atoms with van der Waals surface area (Å²) in [6.45, 7) is 6.08. The first-order valence-electron chi connectivity index (χ1n) is 8.76. The number of aliphatic hydroxyl groups excluding tert-OH is 1. The molecule has 1 aromatic heterocycles. The highest BCUT2D eigenvalue weighted by Crippen LogP contribution is 2.24. The second-order valence-electron chi connectivity index (χ2n) is 6.75. The van der Waals surface area contributed by atoms with E-state index in [1.807, 2.05) is 19.9 Å². The number of benzene rings is 1. The second-order valence-corrected chi connectivity index (χ2v) is 7.63. The maximum atomic E-state index is 12.8. The Kier molecular flexibility index (Phi) is 5.67. The maximum absolute atomic E-state index is 12.8. The van der Waals surface area contributed by atoms with E-state index in [1.54, 1.807) is 11.8 Å². The average molecular weight is 359 g/mol. The van der Waals surface area contributed by atoms with E-state index in [4.69, 9.17) is 0 Å². The van der Waals surface area contributed by atoms with Gasteiger partial charge in [0.15, 0.2) is 5.78 Å². The zero-order valence-electron chi connectivity index (χ0n) is 15.2. The molecule has 0 amide bonds. The summed E-state index contributed by atoms with van der Waals surface area (Å²) in [6, 6.07) is 10.4. The fourth-order valence-electron chi connectivity index (χ4n) is 3.54. The molecule has 1 aromatic carbocycles. The number of ketones is 1. The van der Waals surface area contributed by atoms with Crippen LogP contribution in [0.5, 0.6) is 0 Å². The SMILES string of the molecule is CSc1ccc(-n2c(C)cc(C(=O)CN3CCC(O)CC3)c2C)cc1. The van der Waals surface area contributed by atoms with Gasteiger partial charge in [0.1, 0.15) is 0 Å². The molecular weight excluding hydrogens is 332 g/mol. The van der Waals surface area contributed by atoms with Crippen LogP contribution < -0.4 is 0 Å². The third kappa shape index (κ3) is 4.00. The molecule has 2 heterocycles. The lowest BCUT2D eigenvalue weighted by Gasteiger charge is -2.28. The lowest BCUT2D eigenvalue weighted by Crippen LogP contribution is -2.39. The van der Waals surface area contributed by atoms with Gasteiger partial charge in [-0.1, -0.05) is 0 Å². The molecule has 1 N–H and O–H groups in total. The van der Waals surface area contributed by atoms with E-state index in [0.29, 0.717) is 6.54 Å². The summed E-state index contributed by atoms with van der Waals surface area (Å²) in [4.78, 5) is 16.2. The Hall–Kier alpha value is -1.56. The van der Waals surface area contributed by atoms with E-state index in [1.165, 1.54) is 4.90 Å². The van der Waals surface area contributed by atoms with Crippen molar-refractivity contribution < 1.29 is 9.90 Å². The highest BCUT2D eigenvalue weighted by molar-refractivity contribution is 7.98. The Bertz CT molecular complexity index is 744. The van der Waals surface area contributed by atoms with Crippen molar-refractivity contribution in [3.63, 3.8) is 0 Å². The molecule has 3 rings (SSSR count). The van der Waals surface area contributed by atoms with Crippen LogP contribution in [-0.4, -0.2) is 52.4 Å². The summed E-state index contributed by atoms with van der Waals surface area (Å²) in [5, 5.41) is 9.61. The molecule has 5 heteroatoms. The molecule has 2 aromatic rings. The number of aliphatic hydroxyl groups is 1. The van der Waals surface area contributed by atoms with Crippen LogP contribution in [0.25, 0.3) is 5.69 Å². The van der Waals surface area contributed by atoms with Crippen molar-refractivity contribution >= 4 is 17.5 Å². The van der Waals surface area contributed by atoms with E-state index in [0.717, 1.165) is 48.6 Å². The Morgan fingerprint density at radius 3 is 2.44 bits per heavy atom. The van der Waals surface area contributed by atoms with E-state index in [9.17, 15) is 9.90 Å². The van der Waals surface area contributed by atoms with Crippen molar-refractivity contribution in [1.29, 1.82) is 0 Å². The predicted molar refractivity (Wildman–Crippen MR) is 103 cm³/mol. The molecule has 1 fully saturated rings. The molecule has 0 aliphatic carbocycles. The van der Waals surface area contributed by atoms with Crippen LogP contribution in [0.15, 0.2) is 35.2 Å². The molecular formula is C20H26N2O2S. The number of aromatic nitrogens is 1. The lowest BCUT2D eigenvalue weighted by atomic mass is 10.1. The van der Waals surface area contributed by atoms with Crippen molar-refractivity contribution in [2.24, 2.45) is 0 Å². The molecule has 134 valence electrons. The van der Waals surface area contributed by atoms with Crippen LogP contribution >= 0.6 is 11.8 Å². The molecule has 25 heavy (non-hydrogen) atoms. The predicted octanol–water partition coefficient (Wildman–Crippen LogP) is 3.46. The Labute approximate surface area is 153 Å². The molecule has 0 bridgehead atoms. The topological polar surface area (TPSA) is 45.5 Å². The van der Waals surface area contributed by atoms with Gasteiger partial charge in [0, 0.05) is 40.6 Å². The number of Topliss-reactive ketones (excluding diaryl/α,β-unsaturated/α-hetero) is 1. The first-order valence-corrected chi connectivity index (χ1v) is 9.99. The number of nitrogens with zero attached hydrogens (tertiary/aromatic N) is 2. The minimum absolute atomic E-state index is 0.163. The van der Waals surface area contributed by atoms with Crippen molar-refractivity contribution in [1.82, 2.24) is 9.47 Å². The summed E-state index contributed by atoms with van der Waals surface area (Å²) in [6.07, 6.45) is 3.38. The second kappa shape index (κ2) is 7.77. The molecule has 0 atom stereocenters. The summed E-state index contributed by atoms with van der Waals surface area (Å²) in [5.74, 6) is 0.163. The summed E-state index contributed by atoms with van der Waals surface area (Å²) in [5.41, 5.74) is 3.97. The quantitative estimate of drug-likeness (QED) is 0.657. The Morgan fingerprint density at radius 2 is 1.84 bits per heavy atom. The van der Waals surface area contributed by atoms with Gasteiger partial charge in [-0.15, -0.1) is 11.8 Å². The number of aryl methyl sites for hydroxylation is 1. The highest BCUT2D eigenvalue weighted by atomic mass is 32.2. The number of piperidine rings is 1. The maximum Gasteiger partial charge on any atom is 0.178 e. The molecule has 0 saturated carbocycles. The Morgan fingerprint density at radius 1 is 1.20 bits per heavy atom. The smallest absolute Gasteiger partial charge is 0.178 e. The van der Waals surface area contributed by atoms with Gasteiger partial charge in [-0.25, -0.2) is 0 Å². The fourth-order valence-corrected chi connectivity index (χ4v) is 3.95. The van der Waals surface area contributed by atoms with Gasteiger partial charge < -0.3 is 9.67 Å². The molecule has 1 aliphatic rings. The van der Waals surface area contributed by atoms with Crippen LogP contribution in [0.1, 0.15) is 34.6 Å². The first kappa shape index (κ1) is 18.2. The van der Waals surface area contributed by atoms with Gasteiger partial charge in [0.25, 0.3) is 0 Å². The lowest BCUT2D eigenvalue weighted by molar-refractivity contribution is 0.0710.